The summed E-state index contributed by atoms with van der Waals surface area (Å²) < 4.78 is 38.7. The molecule has 17 heavy (non-hydrogen) atoms. The summed E-state index contributed by atoms with van der Waals surface area (Å²) >= 11 is 0. The molecule has 0 radical (unpaired) electrons. The van der Waals surface area contributed by atoms with Crippen molar-refractivity contribution in [2.24, 2.45) is 5.73 Å². The molecule has 0 aliphatic heterocycles. The van der Waals surface area contributed by atoms with E-state index in [1.165, 1.54) is 0 Å². The maximum Gasteiger partial charge on any atom is 0.404 e. The van der Waals surface area contributed by atoms with Crippen LogP contribution in [0.3, 0.4) is 0 Å². The number of hydrogen-bond donors (Lipinski definition) is 1. The lowest BCUT2D eigenvalue weighted by molar-refractivity contribution is -0.163. The quantitative estimate of drug-likeness (QED) is 0.846. The normalized spacial score (nSPS) is 21.4. The Labute approximate surface area is 98.8 Å². The summed E-state index contributed by atoms with van der Waals surface area (Å²) in [5, 5.41) is 0. The van der Waals surface area contributed by atoms with Crippen LogP contribution in [0.1, 0.15) is 31.2 Å². The predicted molar refractivity (Wildman–Crippen MR) is 60.6 cm³/mol. The summed E-state index contributed by atoms with van der Waals surface area (Å²) in [7, 11) is 0. The van der Waals surface area contributed by atoms with Gasteiger partial charge in [-0.3, -0.25) is 0 Å². The number of rotatable bonds is 2. The van der Waals surface area contributed by atoms with E-state index in [-0.39, 0.29) is 0 Å². The smallest absolute Gasteiger partial charge is 0.319 e. The first-order chi connectivity index (χ1) is 7.97. The van der Waals surface area contributed by atoms with Crippen molar-refractivity contribution in [3.8, 4) is 0 Å². The molecule has 1 aliphatic carbocycles. The topological polar surface area (TPSA) is 26.0 Å². The molecule has 1 nitrogen and oxygen atoms in total. The number of benzene rings is 1. The summed E-state index contributed by atoms with van der Waals surface area (Å²) in [5.74, 6) is 0. The van der Waals surface area contributed by atoms with Crippen LogP contribution in [0.4, 0.5) is 13.2 Å². The van der Waals surface area contributed by atoms with Crippen LogP contribution in [-0.4, -0.2) is 12.2 Å². The van der Waals surface area contributed by atoms with Crippen LogP contribution in [0.15, 0.2) is 30.3 Å². The van der Waals surface area contributed by atoms with Gasteiger partial charge in [0.25, 0.3) is 0 Å². The van der Waals surface area contributed by atoms with E-state index in [1.54, 1.807) is 24.3 Å². The molecule has 0 saturated heterocycles. The third-order valence-corrected chi connectivity index (χ3v) is 3.79. The van der Waals surface area contributed by atoms with Crippen LogP contribution in [0.2, 0.25) is 0 Å². The molecule has 1 atom stereocenters. The van der Waals surface area contributed by atoms with Crippen molar-refractivity contribution in [1.82, 2.24) is 0 Å². The van der Waals surface area contributed by atoms with Gasteiger partial charge in [0, 0.05) is 5.41 Å². The third-order valence-electron chi connectivity index (χ3n) is 3.79. The fourth-order valence-electron chi connectivity index (χ4n) is 2.87. The van der Waals surface area contributed by atoms with E-state index in [9.17, 15) is 13.2 Å². The lowest BCUT2D eigenvalue weighted by Crippen LogP contribution is -2.53. The van der Waals surface area contributed by atoms with Gasteiger partial charge in [0.15, 0.2) is 0 Å². The molecule has 0 heterocycles. The van der Waals surface area contributed by atoms with Gasteiger partial charge in [0.2, 0.25) is 0 Å². The van der Waals surface area contributed by atoms with E-state index in [0.717, 1.165) is 18.4 Å². The van der Waals surface area contributed by atoms with Crippen molar-refractivity contribution in [2.75, 3.05) is 0 Å². The van der Waals surface area contributed by atoms with Crippen LogP contribution < -0.4 is 5.73 Å². The van der Waals surface area contributed by atoms with E-state index in [2.05, 4.69) is 0 Å². The van der Waals surface area contributed by atoms with Crippen molar-refractivity contribution in [2.45, 2.75) is 43.3 Å². The highest BCUT2D eigenvalue weighted by molar-refractivity contribution is 5.29. The second-order valence-electron chi connectivity index (χ2n) is 4.75. The van der Waals surface area contributed by atoms with Crippen molar-refractivity contribution in [3.63, 3.8) is 0 Å². The molecule has 0 bridgehead atoms. The van der Waals surface area contributed by atoms with E-state index in [4.69, 9.17) is 5.73 Å². The molecule has 94 valence electrons. The Hall–Kier alpha value is -1.03. The molecule has 1 fully saturated rings. The maximum absolute atomic E-state index is 12.9. The van der Waals surface area contributed by atoms with Gasteiger partial charge >= 0.3 is 6.18 Å². The average molecular weight is 243 g/mol. The Morgan fingerprint density at radius 3 is 2.06 bits per heavy atom. The minimum atomic E-state index is -4.33. The summed E-state index contributed by atoms with van der Waals surface area (Å²) in [6.07, 6.45) is -1.65. The zero-order chi connectivity index (χ0) is 12.5. The van der Waals surface area contributed by atoms with Crippen LogP contribution in [0, 0.1) is 0 Å². The Kier molecular flexibility index (Phi) is 3.17. The molecule has 0 amide bonds. The Morgan fingerprint density at radius 1 is 1.06 bits per heavy atom. The molecule has 1 saturated carbocycles. The van der Waals surface area contributed by atoms with Crippen LogP contribution in [0.25, 0.3) is 0 Å². The summed E-state index contributed by atoms with van der Waals surface area (Å²) in [6, 6.07) is 7.12. The molecule has 1 aliphatic rings. The minimum absolute atomic E-state index is 0.525. The van der Waals surface area contributed by atoms with Gasteiger partial charge < -0.3 is 5.73 Å². The zero-order valence-electron chi connectivity index (χ0n) is 9.50. The highest BCUT2D eigenvalue weighted by Crippen LogP contribution is 2.47. The number of halogens is 3. The van der Waals surface area contributed by atoms with Gasteiger partial charge in [0.1, 0.15) is 6.04 Å². The average Bonchev–Trinajstić information content (AvgIpc) is 2.78. The molecule has 1 unspecified atom stereocenters. The molecule has 4 heteroatoms. The molecule has 2 N–H and O–H groups in total. The number of nitrogens with two attached hydrogens (primary N) is 1. The third kappa shape index (κ3) is 2.18. The van der Waals surface area contributed by atoms with E-state index < -0.39 is 17.6 Å². The van der Waals surface area contributed by atoms with E-state index in [0.29, 0.717) is 12.8 Å². The largest absolute Gasteiger partial charge is 0.404 e. The zero-order valence-corrected chi connectivity index (χ0v) is 9.50. The molecule has 1 aromatic carbocycles. The highest BCUT2D eigenvalue weighted by Gasteiger charge is 2.53. The monoisotopic (exact) mass is 243 g/mol. The highest BCUT2D eigenvalue weighted by atomic mass is 19.4. The van der Waals surface area contributed by atoms with Crippen molar-refractivity contribution in [1.29, 1.82) is 0 Å². The van der Waals surface area contributed by atoms with Crippen molar-refractivity contribution in [3.05, 3.63) is 35.9 Å². The van der Waals surface area contributed by atoms with E-state index >= 15 is 0 Å². The lowest BCUT2D eigenvalue weighted by atomic mass is 9.73. The van der Waals surface area contributed by atoms with Crippen molar-refractivity contribution >= 4 is 0 Å². The molecule has 0 spiro atoms. The summed E-state index contributed by atoms with van der Waals surface area (Å²) in [6.45, 7) is 0. The SMILES string of the molecule is NC(C(F)(F)F)C1(c2ccccc2)CCCC1. The summed E-state index contributed by atoms with van der Waals surface area (Å²) in [4.78, 5) is 0. The van der Waals surface area contributed by atoms with Crippen LogP contribution in [0.5, 0.6) is 0 Å². The van der Waals surface area contributed by atoms with Gasteiger partial charge in [0.05, 0.1) is 0 Å². The Balaban J connectivity index is 2.40. The minimum Gasteiger partial charge on any atom is -0.319 e. The van der Waals surface area contributed by atoms with E-state index in [1.807, 2.05) is 6.07 Å². The first-order valence-corrected chi connectivity index (χ1v) is 5.85. The fraction of sp³-hybridized carbons (Fsp3) is 0.538. The predicted octanol–water partition coefficient (Wildman–Crippen LogP) is 3.39. The summed E-state index contributed by atoms with van der Waals surface area (Å²) in [5.41, 5.74) is 5.31. The fourth-order valence-corrected chi connectivity index (χ4v) is 2.87. The maximum atomic E-state index is 12.9. The molecule has 1 aromatic rings. The second kappa shape index (κ2) is 4.33. The second-order valence-corrected chi connectivity index (χ2v) is 4.75. The first-order valence-electron chi connectivity index (χ1n) is 5.85. The number of hydrogen-bond acceptors (Lipinski definition) is 1. The van der Waals surface area contributed by atoms with Gasteiger partial charge in [-0.2, -0.15) is 13.2 Å². The lowest BCUT2D eigenvalue weighted by Gasteiger charge is -2.36. The standard InChI is InChI=1S/C13H16F3N/c14-13(15,16)11(17)12(8-4-5-9-12)10-6-2-1-3-7-10/h1-3,6-7,11H,4-5,8-9,17H2. The molecule has 2 rings (SSSR count). The molecule has 0 aromatic heterocycles. The Morgan fingerprint density at radius 2 is 1.59 bits per heavy atom. The molecular formula is C13H16F3N. The van der Waals surface area contributed by atoms with Crippen LogP contribution >= 0.6 is 0 Å². The van der Waals surface area contributed by atoms with Crippen molar-refractivity contribution < 1.29 is 13.2 Å². The van der Waals surface area contributed by atoms with Gasteiger partial charge in [-0.15, -0.1) is 0 Å². The van der Waals surface area contributed by atoms with Gasteiger partial charge in [-0.05, 0) is 18.4 Å². The van der Waals surface area contributed by atoms with Gasteiger partial charge in [-0.25, -0.2) is 0 Å². The molecular weight excluding hydrogens is 227 g/mol. The van der Waals surface area contributed by atoms with Crippen LogP contribution in [-0.2, 0) is 5.41 Å². The van der Waals surface area contributed by atoms with Gasteiger partial charge in [-0.1, -0.05) is 43.2 Å². The Bertz CT molecular complexity index is 366. The number of alkyl halides is 3. The first kappa shape index (κ1) is 12.4.